The maximum atomic E-state index is 13.1. The Kier molecular flexibility index (Phi) is 8.08. The first-order chi connectivity index (χ1) is 17.3. The van der Waals surface area contributed by atoms with Crippen LogP contribution in [0.25, 0.3) is 11.3 Å². The van der Waals surface area contributed by atoms with Crippen molar-refractivity contribution in [2.75, 3.05) is 31.3 Å². The van der Waals surface area contributed by atoms with Gasteiger partial charge in [-0.05, 0) is 80.9 Å². The number of hydrogen-bond donors (Lipinski definition) is 3. The van der Waals surface area contributed by atoms with Crippen LogP contribution in [0.4, 0.5) is 11.4 Å². The van der Waals surface area contributed by atoms with Crippen LogP contribution >= 0.6 is 11.6 Å². The van der Waals surface area contributed by atoms with E-state index < -0.39 is 5.97 Å². The first-order valence-corrected chi connectivity index (χ1v) is 12.4. The predicted molar refractivity (Wildman–Crippen MR) is 146 cm³/mol. The van der Waals surface area contributed by atoms with Crippen molar-refractivity contribution in [2.45, 2.75) is 25.7 Å². The molecule has 0 fully saturated rings. The van der Waals surface area contributed by atoms with Crippen LogP contribution in [0.15, 0.2) is 66.7 Å². The van der Waals surface area contributed by atoms with Gasteiger partial charge >= 0.3 is 5.97 Å². The van der Waals surface area contributed by atoms with E-state index in [4.69, 9.17) is 16.7 Å². The van der Waals surface area contributed by atoms with E-state index in [-0.39, 0.29) is 12.3 Å². The maximum Gasteiger partial charge on any atom is 0.303 e. The summed E-state index contributed by atoms with van der Waals surface area (Å²) in [6.45, 7) is 1.01. The van der Waals surface area contributed by atoms with Gasteiger partial charge in [-0.3, -0.25) is 9.59 Å². The molecule has 1 aliphatic heterocycles. The Bertz CT molecular complexity index is 1300. The molecule has 0 aromatic heterocycles. The Morgan fingerprint density at radius 1 is 1.00 bits per heavy atom. The predicted octanol–water partition coefficient (Wildman–Crippen LogP) is 5.78. The molecular weight excluding hydrogens is 474 g/mol. The fourth-order valence-electron chi connectivity index (χ4n) is 4.31. The lowest BCUT2D eigenvalue weighted by atomic mass is 9.98. The molecule has 0 radical (unpaired) electrons. The molecule has 0 bridgehead atoms. The van der Waals surface area contributed by atoms with Crippen molar-refractivity contribution in [3.63, 3.8) is 0 Å². The van der Waals surface area contributed by atoms with Crippen LogP contribution in [-0.2, 0) is 22.4 Å². The highest BCUT2D eigenvalue weighted by Gasteiger charge is 2.28. The van der Waals surface area contributed by atoms with Crippen molar-refractivity contribution in [3.8, 4) is 0 Å². The fraction of sp³-hybridized carbons (Fsp3) is 0.241. The molecule has 0 atom stereocenters. The summed E-state index contributed by atoms with van der Waals surface area (Å²) in [7, 11) is 4.14. The number of carboxylic acids is 1. The first kappa shape index (κ1) is 25.5. The number of fused-ring (bicyclic) bond motifs is 1. The minimum atomic E-state index is -0.827. The number of aliphatic carboxylic acids is 1. The molecule has 1 heterocycles. The van der Waals surface area contributed by atoms with Gasteiger partial charge in [0.15, 0.2) is 0 Å². The molecule has 0 unspecified atom stereocenters. The lowest BCUT2D eigenvalue weighted by molar-refractivity contribution is -0.137. The van der Waals surface area contributed by atoms with Gasteiger partial charge in [0.2, 0.25) is 0 Å². The zero-order valence-corrected chi connectivity index (χ0v) is 21.2. The number of aryl methyl sites for hydroxylation is 2. The average molecular weight is 504 g/mol. The molecule has 36 heavy (non-hydrogen) atoms. The quantitative estimate of drug-likeness (QED) is 0.305. The number of benzene rings is 3. The van der Waals surface area contributed by atoms with Crippen LogP contribution < -0.4 is 10.6 Å². The number of halogens is 1. The second kappa shape index (κ2) is 11.4. The standard InChI is InChI=1S/C29H30ClN3O3/c1-33(2)16-4-6-20-5-3-7-23(17-20)31-28(21-11-8-19(9-12-21)10-15-26(34)35)27-24-14-13-22(30)18-25(24)32-29(27)36/h3,5,7-9,11-14,17-18,31H,4,6,10,15-16H2,1-2H3,(H,32,36)(H,34,35)/b28-27-. The third-order valence-electron chi connectivity index (χ3n) is 6.11. The Labute approximate surface area is 216 Å². The van der Waals surface area contributed by atoms with Gasteiger partial charge in [-0.2, -0.15) is 0 Å². The summed E-state index contributed by atoms with van der Waals surface area (Å²) in [5.41, 5.74) is 6.56. The minimum absolute atomic E-state index is 0.0721. The fourth-order valence-corrected chi connectivity index (χ4v) is 4.48. The molecular formula is C29H30ClN3O3. The summed E-state index contributed by atoms with van der Waals surface area (Å²) < 4.78 is 0. The van der Waals surface area contributed by atoms with Gasteiger partial charge in [-0.15, -0.1) is 0 Å². The van der Waals surface area contributed by atoms with Crippen LogP contribution in [0.1, 0.15) is 35.1 Å². The summed E-state index contributed by atoms with van der Waals surface area (Å²) in [4.78, 5) is 26.3. The summed E-state index contributed by atoms with van der Waals surface area (Å²) >= 11 is 6.17. The lowest BCUT2D eigenvalue weighted by Gasteiger charge is -2.16. The number of nitrogens with one attached hydrogen (secondary N) is 2. The largest absolute Gasteiger partial charge is 0.481 e. The van der Waals surface area contributed by atoms with E-state index in [9.17, 15) is 9.59 Å². The summed E-state index contributed by atoms with van der Waals surface area (Å²) in [6.07, 6.45) is 2.53. The third-order valence-corrected chi connectivity index (χ3v) is 6.35. The molecule has 1 amide bonds. The molecule has 3 aromatic rings. The number of carboxylic acid groups (broad SMARTS) is 1. The summed E-state index contributed by atoms with van der Waals surface area (Å²) in [5, 5.41) is 16.0. The molecule has 3 N–H and O–H groups in total. The molecule has 6 nitrogen and oxygen atoms in total. The SMILES string of the molecule is CN(C)CCCc1cccc(N/C(=C2\C(=O)Nc3cc(Cl)ccc32)c2ccc(CCC(=O)O)cc2)c1. The Morgan fingerprint density at radius 2 is 1.78 bits per heavy atom. The molecule has 0 spiro atoms. The maximum absolute atomic E-state index is 13.1. The van der Waals surface area contributed by atoms with Crippen molar-refractivity contribution in [1.82, 2.24) is 4.90 Å². The molecule has 3 aromatic carbocycles. The Hall–Kier alpha value is -3.61. The van der Waals surface area contributed by atoms with E-state index in [0.29, 0.717) is 28.4 Å². The number of rotatable bonds is 10. The van der Waals surface area contributed by atoms with Gasteiger partial charge < -0.3 is 20.6 Å². The van der Waals surface area contributed by atoms with Crippen LogP contribution in [0.5, 0.6) is 0 Å². The normalized spacial score (nSPS) is 13.9. The van der Waals surface area contributed by atoms with E-state index in [1.807, 2.05) is 42.5 Å². The zero-order chi connectivity index (χ0) is 25.7. The second-order valence-electron chi connectivity index (χ2n) is 9.22. The number of nitrogens with zero attached hydrogens (tertiary/aromatic N) is 1. The molecule has 1 aliphatic rings. The van der Waals surface area contributed by atoms with Crippen molar-refractivity contribution < 1.29 is 14.7 Å². The molecule has 4 rings (SSSR count). The second-order valence-corrected chi connectivity index (χ2v) is 9.65. The van der Waals surface area contributed by atoms with E-state index in [1.54, 1.807) is 12.1 Å². The van der Waals surface area contributed by atoms with Gasteiger partial charge in [-0.25, -0.2) is 0 Å². The van der Waals surface area contributed by atoms with E-state index in [1.165, 1.54) is 5.56 Å². The molecule has 0 saturated heterocycles. The van der Waals surface area contributed by atoms with Gasteiger partial charge in [0.25, 0.3) is 5.91 Å². The van der Waals surface area contributed by atoms with E-state index in [2.05, 4.69) is 41.8 Å². The summed E-state index contributed by atoms with van der Waals surface area (Å²) in [6, 6.07) is 21.3. The van der Waals surface area contributed by atoms with Crippen molar-refractivity contribution in [3.05, 3.63) is 94.0 Å². The lowest BCUT2D eigenvalue weighted by Crippen LogP contribution is -2.13. The highest BCUT2D eigenvalue weighted by molar-refractivity contribution is 6.38. The molecule has 7 heteroatoms. The van der Waals surface area contributed by atoms with Gasteiger partial charge in [0.1, 0.15) is 0 Å². The number of anilines is 2. The highest BCUT2D eigenvalue weighted by Crippen LogP contribution is 2.39. The van der Waals surface area contributed by atoms with Crippen LogP contribution in [0.3, 0.4) is 0 Å². The monoisotopic (exact) mass is 503 g/mol. The smallest absolute Gasteiger partial charge is 0.303 e. The van der Waals surface area contributed by atoms with Gasteiger partial charge in [-0.1, -0.05) is 54.1 Å². The Morgan fingerprint density at radius 3 is 2.50 bits per heavy atom. The highest BCUT2D eigenvalue weighted by atomic mass is 35.5. The Balaban J connectivity index is 1.71. The van der Waals surface area contributed by atoms with Crippen molar-refractivity contribution in [2.24, 2.45) is 0 Å². The van der Waals surface area contributed by atoms with E-state index in [0.717, 1.165) is 41.8 Å². The summed E-state index contributed by atoms with van der Waals surface area (Å²) in [5.74, 6) is -1.03. The number of carbonyl (C=O) groups is 2. The van der Waals surface area contributed by atoms with Crippen LogP contribution in [0.2, 0.25) is 5.02 Å². The van der Waals surface area contributed by atoms with Crippen molar-refractivity contribution >= 4 is 46.1 Å². The average Bonchev–Trinajstić information content (AvgIpc) is 3.16. The third kappa shape index (κ3) is 6.33. The number of carbonyl (C=O) groups excluding carboxylic acids is 1. The number of hydrogen-bond acceptors (Lipinski definition) is 4. The van der Waals surface area contributed by atoms with Crippen LogP contribution in [0, 0.1) is 0 Å². The van der Waals surface area contributed by atoms with Crippen LogP contribution in [-0.4, -0.2) is 42.5 Å². The minimum Gasteiger partial charge on any atom is -0.481 e. The molecule has 186 valence electrons. The zero-order valence-electron chi connectivity index (χ0n) is 20.5. The molecule has 0 saturated carbocycles. The van der Waals surface area contributed by atoms with Gasteiger partial charge in [0.05, 0.1) is 17.0 Å². The molecule has 0 aliphatic carbocycles. The van der Waals surface area contributed by atoms with Crippen molar-refractivity contribution in [1.29, 1.82) is 0 Å². The number of amides is 1. The first-order valence-electron chi connectivity index (χ1n) is 12.0. The topological polar surface area (TPSA) is 81.7 Å². The van der Waals surface area contributed by atoms with Gasteiger partial charge in [0, 0.05) is 22.7 Å². The van der Waals surface area contributed by atoms with E-state index >= 15 is 0 Å².